The van der Waals surface area contributed by atoms with Crippen LogP contribution in [0, 0.1) is 5.82 Å². The van der Waals surface area contributed by atoms with Crippen molar-refractivity contribution in [3.8, 4) is 11.1 Å². The Bertz CT molecular complexity index is 1110. The molecule has 7 heteroatoms. The highest BCUT2D eigenvalue weighted by Gasteiger charge is 2.35. The molecule has 4 nitrogen and oxygen atoms in total. The predicted molar refractivity (Wildman–Crippen MR) is 113 cm³/mol. The van der Waals surface area contributed by atoms with Crippen LogP contribution in [-0.2, 0) is 16.4 Å². The molecule has 1 saturated heterocycles. The molecule has 1 aliphatic rings. The molecule has 0 aliphatic carbocycles. The first-order valence-electron chi connectivity index (χ1n) is 9.32. The molecule has 1 atom stereocenters. The fourth-order valence-corrected chi connectivity index (χ4v) is 6.05. The van der Waals surface area contributed by atoms with Gasteiger partial charge >= 0.3 is 0 Å². The maximum absolute atomic E-state index is 14.9. The quantitative estimate of drug-likeness (QED) is 0.605. The predicted octanol–water partition coefficient (Wildman–Crippen LogP) is 4.38. The zero-order valence-electron chi connectivity index (χ0n) is 15.6. The average Bonchev–Trinajstić information content (AvgIpc) is 3.35. The van der Waals surface area contributed by atoms with Crippen LogP contribution < -0.4 is 0 Å². The van der Waals surface area contributed by atoms with Crippen LogP contribution in [0.4, 0.5) is 4.39 Å². The van der Waals surface area contributed by atoms with Crippen LogP contribution in [0.25, 0.3) is 11.1 Å². The third kappa shape index (κ3) is 4.41. The lowest BCUT2D eigenvalue weighted by Crippen LogP contribution is -2.40. The second-order valence-corrected chi connectivity index (χ2v) is 10.4. The highest BCUT2D eigenvalue weighted by atomic mass is 32.2. The van der Waals surface area contributed by atoms with Gasteiger partial charge < -0.3 is 4.90 Å². The van der Waals surface area contributed by atoms with E-state index in [9.17, 15) is 17.6 Å². The Morgan fingerprint density at radius 3 is 2.48 bits per heavy atom. The monoisotopic (exact) mass is 429 g/mol. The topological polar surface area (TPSA) is 54.5 Å². The van der Waals surface area contributed by atoms with E-state index in [0.717, 1.165) is 10.4 Å². The maximum Gasteiger partial charge on any atom is 0.257 e. The summed E-state index contributed by atoms with van der Waals surface area (Å²) in [7, 11) is -3.17. The zero-order chi connectivity index (χ0) is 20.4. The summed E-state index contributed by atoms with van der Waals surface area (Å²) in [5.41, 5.74) is 1.51. The minimum atomic E-state index is -3.17. The lowest BCUT2D eigenvalue weighted by molar-refractivity contribution is 0.0678. The Labute approximate surface area is 173 Å². The van der Waals surface area contributed by atoms with E-state index in [-0.39, 0.29) is 23.6 Å². The Morgan fingerprint density at radius 1 is 1.07 bits per heavy atom. The molecule has 2 aromatic carbocycles. The SMILES string of the molecule is O=C(c1ccc(-c2ccccc2)cc1F)N(Cc1cccs1)[C@H]1CCS(=O)(=O)C1. The van der Waals surface area contributed by atoms with E-state index in [1.807, 2.05) is 47.8 Å². The molecule has 2 heterocycles. The number of carbonyl (C=O) groups is 1. The van der Waals surface area contributed by atoms with E-state index < -0.39 is 27.6 Å². The van der Waals surface area contributed by atoms with Crippen LogP contribution in [0.15, 0.2) is 66.0 Å². The summed E-state index contributed by atoms with van der Waals surface area (Å²) < 4.78 is 38.8. The molecule has 1 fully saturated rings. The molecule has 0 saturated carbocycles. The number of sulfone groups is 1. The summed E-state index contributed by atoms with van der Waals surface area (Å²) in [5.74, 6) is -1.10. The first-order chi connectivity index (χ1) is 13.9. The zero-order valence-corrected chi connectivity index (χ0v) is 17.3. The fourth-order valence-electron chi connectivity index (χ4n) is 3.61. The Hall–Kier alpha value is -2.51. The second kappa shape index (κ2) is 8.08. The standard InChI is InChI=1S/C22H20FNO3S2/c23-21-13-17(16-5-2-1-3-6-16)8-9-20(21)22(25)24(14-19-7-4-11-28-19)18-10-12-29(26,27)15-18/h1-9,11,13,18H,10,12,14-15H2/t18-/m0/s1. The van der Waals surface area contributed by atoms with Crippen LogP contribution >= 0.6 is 11.3 Å². The van der Waals surface area contributed by atoms with Crippen LogP contribution in [0.2, 0.25) is 0 Å². The maximum atomic E-state index is 14.9. The van der Waals surface area contributed by atoms with E-state index in [2.05, 4.69) is 0 Å². The van der Waals surface area contributed by atoms with Crippen molar-refractivity contribution in [2.24, 2.45) is 0 Å². The van der Waals surface area contributed by atoms with Gasteiger partial charge in [0.15, 0.2) is 9.84 Å². The molecular formula is C22H20FNO3S2. The Morgan fingerprint density at radius 2 is 1.86 bits per heavy atom. The number of rotatable bonds is 5. The van der Waals surface area contributed by atoms with Crippen LogP contribution in [0.3, 0.4) is 0 Å². The van der Waals surface area contributed by atoms with E-state index in [1.165, 1.54) is 28.4 Å². The summed E-state index contributed by atoms with van der Waals surface area (Å²) in [6, 6.07) is 17.3. The Kier molecular flexibility index (Phi) is 5.52. The van der Waals surface area contributed by atoms with Crippen molar-refractivity contribution < 1.29 is 17.6 Å². The van der Waals surface area contributed by atoms with E-state index in [4.69, 9.17) is 0 Å². The lowest BCUT2D eigenvalue weighted by Gasteiger charge is -2.28. The molecule has 1 amide bonds. The molecule has 150 valence electrons. The largest absolute Gasteiger partial charge is 0.329 e. The lowest BCUT2D eigenvalue weighted by atomic mass is 10.0. The molecule has 0 radical (unpaired) electrons. The van der Waals surface area contributed by atoms with Crippen molar-refractivity contribution in [2.75, 3.05) is 11.5 Å². The molecule has 3 aromatic rings. The number of thiophene rings is 1. The molecule has 1 aromatic heterocycles. The highest BCUT2D eigenvalue weighted by Crippen LogP contribution is 2.27. The van der Waals surface area contributed by atoms with Gasteiger partial charge in [-0.25, -0.2) is 12.8 Å². The normalized spacial score (nSPS) is 17.9. The third-order valence-electron chi connectivity index (χ3n) is 5.12. The van der Waals surface area contributed by atoms with Crippen molar-refractivity contribution in [1.82, 2.24) is 4.90 Å². The minimum Gasteiger partial charge on any atom is -0.329 e. The summed E-state index contributed by atoms with van der Waals surface area (Å²) in [5, 5.41) is 1.90. The number of carbonyl (C=O) groups excluding carboxylic acids is 1. The van der Waals surface area contributed by atoms with Gasteiger partial charge in [-0.3, -0.25) is 4.79 Å². The number of hydrogen-bond donors (Lipinski definition) is 0. The van der Waals surface area contributed by atoms with Gasteiger partial charge in [0, 0.05) is 10.9 Å². The van der Waals surface area contributed by atoms with Gasteiger partial charge in [0.05, 0.1) is 23.6 Å². The van der Waals surface area contributed by atoms with Gasteiger partial charge in [-0.2, -0.15) is 0 Å². The van der Waals surface area contributed by atoms with Crippen molar-refractivity contribution in [3.63, 3.8) is 0 Å². The third-order valence-corrected chi connectivity index (χ3v) is 7.73. The highest BCUT2D eigenvalue weighted by molar-refractivity contribution is 7.91. The van der Waals surface area contributed by atoms with Gasteiger partial charge in [0.2, 0.25) is 0 Å². The van der Waals surface area contributed by atoms with E-state index >= 15 is 0 Å². The number of nitrogens with zero attached hydrogens (tertiary/aromatic N) is 1. The Balaban J connectivity index is 1.65. The molecule has 1 aliphatic heterocycles. The number of benzene rings is 2. The molecule has 0 bridgehead atoms. The van der Waals surface area contributed by atoms with Crippen molar-refractivity contribution in [1.29, 1.82) is 0 Å². The summed E-state index contributed by atoms with van der Waals surface area (Å²) in [6.07, 6.45) is 0.378. The summed E-state index contributed by atoms with van der Waals surface area (Å²) in [6.45, 7) is 0.274. The van der Waals surface area contributed by atoms with Crippen LogP contribution in [0.5, 0.6) is 0 Å². The van der Waals surface area contributed by atoms with E-state index in [1.54, 1.807) is 6.07 Å². The molecule has 0 N–H and O–H groups in total. The van der Waals surface area contributed by atoms with Gasteiger partial charge in [-0.05, 0) is 41.1 Å². The smallest absolute Gasteiger partial charge is 0.257 e. The fraction of sp³-hybridized carbons (Fsp3) is 0.227. The molecular weight excluding hydrogens is 409 g/mol. The van der Waals surface area contributed by atoms with Crippen molar-refractivity contribution in [2.45, 2.75) is 19.0 Å². The number of amides is 1. The van der Waals surface area contributed by atoms with Gasteiger partial charge in [0.25, 0.3) is 5.91 Å². The molecule has 0 unspecified atom stereocenters. The molecule has 0 spiro atoms. The van der Waals surface area contributed by atoms with E-state index in [0.29, 0.717) is 12.0 Å². The first-order valence-corrected chi connectivity index (χ1v) is 12.0. The van der Waals surface area contributed by atoms with Crippen LogP contribution in [-0.4, -0.2) is 36.8 Å². The summed E-state index contributed by atoms with van der Waals surface area (Å²) >= 11 is 1.49. The number of hydrogen-bond acceptors (Lipinski definition) is 4. The molecule has 29 heavy (non-hydrogen) atoms. The van der Waals surface area contributed by atoms with Crippen LogP contribution in [0.1, 0.15) is 21.7 Å². The van der Waals surface area contributed by atoms with Gasteiger partial charge in [-0.1, -0.05) is 42.5 Å². The summed E-state index contributed by atoms with van der Waals surface area (Å²) in [4.78, 5) is 15.7. The van der Waals surface area contributed by atoms with Crippen molar-refractivity contribution in [3.05, 3.63) is 82.3 Å². The molecule has 4 rings (SSSR count). The second-order valence-electron chi connectivity index (χ2n) is 7.13. The first kappa shape index (κ1) is 19.8. The number of halogens is 1. The van der Waals surface area contributed by atoms with Gasteiger partial charge in [0.1, 0.15) is 5.82 Å². The average molecular weight is 430 g/mol. The minimum absolute atomic E-state index is 0.0365. The van der Waals surface area contributed by atoms with Crippen molar-refractivity contribution >= 4 is 27.1 Å². The van der Waals surface area contributed by atoms with Gasteiger partial charge in [-0.15, -0.1) is 11.3 Å².